The number of carbonyl (C=O) groups is 2. The van der Waals surface area contributed by atoms with Crippen LogP contribution in [-0.2, 0) is 14.3 Å². The van der Waals surface area contributed by atoms with E-state index in [4.69, 9.17) is 19.4 Å². The molecule has 12 heteroatoms. The summed E-state index contributed by atoms with van der Waals surface area (Å²) in [7, 11) is 3.02. The molecule has 0 radical (unpaired) electrons. The van der Waals surface area contributed by atoms with Crippen LogP contribution in [-0.4, -0.2) is 73.4 Å². The minimum Gasteiger partial charge on any atom is -0.454 e. The fraction of sp³-hybridized carbons (Fsp3) is 0.333. The van der Waals surface area contributed by atoms with Crippen molar-refractivity contribution in [3.05, 3.63) is 54.1 Å². The predicted octanol–water partition coefficient (Wildman–Crippen LogP) is 3.29. The van der Waals surface area contributed by atoms with E-state index in [1.807, 2.05) is 0 Å². The van der Waals surface area contributed by atoms with E-state index in [1.54, 1.807) is 15.9 Å². The first-order chi connectivity index (χ1) is 15.8. The Morgan fingerprint density at radius 1 is 1.09 bits per heavy atom. The molecular formula is C21H25F2N3O6S. The van der Waals surface area contributed by atoms with Crippen LogP contribution in [0.3, 0.4) is 0 Å². The van der Waals surface area contributed by atoms with Gasteiger partial charge in [-0.15, -0.1) is 0 Å². The van der Waals surface area contributed by atoms with Gasteiger partial charge in [0.25, 0.3) is 5.91 Å². The highest BCUT2D eigenvalue weighted by Gasteiger charge is 2.17. The number of rotatable bonds is 12. The average Bonchev–Trinajstić information content (AvgIpc) is 2.80. The summed E-state index contributed by atoms with van der Waals surface area (Å²) in [5.74, 6) is -1.55. The monoisotopic (exact) mass is 485 g/mol. The van der Waals surface area contributed by atoms with E-state index in [9.17, 15) is 18.4 Å². The van der Waals surface area contributed by atoms with Gasteiger partial charge < -0.3 is 19.1 Å². The van der Waals surface area contributed by atoms with Crippen molar-refractivity contribution in [3.63, 3.8) is 0 Å². The van der Waals surface area contributed by atoms with Crippen molar-refractivity contribution in [2.24, 2.45) is 0 Å². The number of hydrogen-bond donors (Lipinski definition) is 2. The summed E-state index contributed by atoms with van der Waals surface area (Å²) in [5.41, 5.74) is 1.54. The minimum absolute atomic E-state index is 0.0517. The Balaban J connectivity index is 2.00. The second kappa shape index (κ2) is 13.6. The van der Waals surface area contributed by atoms with Gasteiger partial charge in [-0.25, -0.2) is 23.4 Å². The van der Waals surface area contributed by atoms with Crippen LogP contribution in [0.15, 0.2) is 47.4 Å². The van der Waals surface area contributed by atoms with Gasteiger partial charge in [-0.05, 0) is 54.4 Å². The Labute approximate surface area is 194 Å². The Morgan fingerprint density at radius 3 is 2.45 bits per heavy atom. The van der Waals surface area contributed by atoms with Gasteiger partial charge in [0, 0.05) is 32.1 Å². The number of nitrogens with one attached hydrogen (secondary N) is 1. The molecule has 180 valence electrons. The molecule has 9 nitrogen and oxygen atoms in total. The van der Waals surface area contributed by atoms with E-state index in [0.717, 1.165) is 11.9 Å². The number of benzene rings is 2. The molecule has 0 atom stereocenters. The van der Waals surface area contributed by atoms with Crippen molar-refractivity contribution in [2.45, 2.75) is 4.90 Å². The summed E-state index contributed by atoms with van der Waals surface area (Å²) in [4.78, 5) is 25.4. The molecule has 0 saturated carbocycles. The molecule has 33 heavy (non-hydrogen) atoms. The van der Waals surface area contributed by atoms with Gasteiger partial charge in [0.05, 0.1) is 13.2 Å². The van der Waals surface area contributed by atoms with E-state index >= 15 is 0 Å². The van der Waals surface area contributed by atoms with Gasteiger partial charge in [-0.3, -0.25) is 10.0 Å². The van der Waals surface area contributed by atoms with Crippen molar-refractivity contribution in [2.75, 3.05) is 47.0 Å². The van der Waals surface area contributed by atoms with Crippen molar-refractivity contribution in [1.82, 2.24) is 14.7 Å². The highest BCUT2D eigenvalue weighted by molar-refractivity contribution is 7.97. The zero-order valence-electron chi connectivity index (χ0n) is 18.1. The lowest BCUT2D eigenvalue weighted by atomic mass is 10.3. The summed E-state index contributed by atoms with van der Waals surface area (Å²) >= 11 is 1.06. The zero-order chi connectivity index (χ0) is 24.2. The van der Waals surface area contributed by atoms with Crippen LogP contribution in [0.25, 0.3) is 0 Å². The van der Waals surface area contributed by atoms with Gasteiger partial charge in [0.15, 0.2) is 11.6 Å². The first kappa shape index (κ1) is 26.3. The van der Waals surface area contributed by atoms with Crippen molar-refractivity contribution >= 4 is 23.9 Å². The van der Waals surface area contributed by atoms with E-state index in [1.165, 1.54) is 55.5 Å². The number of halogens is 2. The number of hydroxylamine groups is 1. The summed E-state index contributed by atoms with van der Waals surface area (Å²) in [6, 6.07) is 9.37. The van der Waals surface area contributed by atoms with Crippen LogP contribution in [0.2, 0.25) is 0 Å². The molecule has 0 fully saturated rings. The third kappa shape index (κ3) is 9.22. The van der Waals surface area contributed by atoms with Gasteiger partial charge in [0.2, 0.25) is 0 Å². The average molecular weight is 486 g/mol. The van der Waals surface area contributed by atoms with Crippen LogP contribution in [0.1, 0.15) is 0 Å². The number of likely N-dealkylation sites (N-methyl/N-ethyl adjacent to an activating group) is 1. The molecule has 2 rings (SSSR count). The highest BCUT2D eigenvalue weighted by atomic mass is 32.2. The molecule has 2 aromatic carbocycles. The lowest BCUT2D eigenvalue weighted by Gasteiger charge is -2.23. The summed E-state index contributed by atoms with van der Waals surface area (Å²) in [5, 5.41) is 8.84. The third-order valence-electron chi connectivity index (χ3n) is 4.13. The zero-order valence-corrected chi connectivity index (χ0v) is 18.9. The summed E-state index contributed by atoms with van der Waals surface area (Å²) in [6.45, 7) is 0.569. The van der Waals surface area contributed by atoms with Crippen molar-refractivity contribution < 1.29 is 37.8 Å². The molecular weight excluding hydrogens is 460 g/mol. The fourth-order valence-electron chi connectivity index (χ4n) is 2.43. The predicted molar refractivity (Wildman–Crippen MR) is 116 cm³/mol. The molecule has 0 heterocycles. The quantitative estimate of drug-likeness (QED) is 0.205. The number of nitrogens with zero attached hydrogens (tertiary/aromatic N) is 2. The summed E-state index contributed by atoms with van der Waals surface area (Å²) < 4.78 is 44.3. The van der Waals surface area contributed by atoms with Gasteiger partial charge in [0.1, 0.15) is 18.2 Å². The highest BCUT2D eigenvalue weighted by Crippen LogP contribution is 2.30. The van der Waals surface area contributed by atoms with E-state index in [0.29, 0.717) is 4.90 Å². The third-order valence-corrected chi connectivity index (χ3v) is 5.17. The standard InChI is InChI=1S/C21H25F2N3O6S/c1-25(21(28)31-12-11-30-2)9-10-26(14-20(27)24-29)33-17-7-8-19(18(23)13-17)32-16-5-3-15(22)4-6-16/h3-8,13,29H,9-12,14H2,1-2H3,(H,24,27). The van der Waals surface area contributed by atoms with Crippen LogP contribution >= 0.6 is 11.9 Å². The second-order valence-electron chi connectivity index (χ2n) is 6.67. The maximum absolute atomic E-state index is 14.5. The number of ether oxygens (including phenoxy) is 3. The Kier molecular flexibility index (Phi) is 10.8. The van der Waals surface area contributed by atoms with Gasteiger partial charge in [-0.2, -0.15) is 0 Å². The minimum atomic E-state index is -0.676. The normalized spacial score (nSPS) is 10.7. The Hall–Kier alpha value is -2.93. The number of carbonyl (C=O) groups excluding carboxylic acids is 2. The molecule has 0 aromatic heterocycles. The molecule has 2 aromatic rings. The smallest absolute Gasteiger partial charge is 0.409 e. The van der Waals surface area contributed by atoms with Crippen LogP contribution in [0.4, 0.5) is 13.6 Å². The Morgan fingerprint density at radius 2 is 1.82 bits per heavy atom. The second-order valence-corrected chi connectivity index (χ2v) is 7.84. The van der Waals surface area contributed by atoms with Crippen molar-refractivity contribution in [3.8, 4) is 11.5 Å². The number of amides is 2. The van der Waals surface area contributed by atoms with Gasteiger partial charge >= 0.3 is 6.09 Å². The molecule has 2 N–H and O–H groups in total. The summed E-state index contributed by atoms with van der Waals surface area (Å²) in [6.07, 6.45) is -0.558. The first-order valence-electron chi connectivity index (χ1n) is 9.78. The van der Waals surface area contributed by atoms with Gasteiger partial charge in [-0.1, -0.05) is 0 Å². The molecule has 0 bridgehead atoms. The molecule has 0 aliphatic heterocycles. The number of methoxy groups -OCH3 is 1. The molecule has 0 unspecified atom stereocenters. The van der Waals surface area contributed by atoms with Crippen LogP contribution < -0.4 is 10.2 Å². The molecule has 0 aliphatic carbocycles. The lowest BCUT2D eigenvalue weighted by Crippen LogP contribution is -2.38. The molecule has 0 spiro atoms. The lowest BCUT2D eigenvalue weighted by molar-refractivity contribution is -0.129. The fourth-order valence-corrected chi connectivity index (χ4v) is 3.37. The molecule has 0 saturated heterocycles. The topological polar surface area (TPSA) is 101 Å². The maximum atomic E-state index is 14.5. The largest absolute Gasteiger partial charge is 0.454 e. The maximum Gasteiger partial charge on any atom is 0.409 e. The number of hydrogen-bond acceptors (Lipinski definition) is 8. The SMILES string of the molecule is COCCOC(=O)N(C)CCN(CC(=O)NO)Sc1ccc(Oc2ccc(F)cc2)c(F)c1. The molecule has 0 aliphatic rings. The molecule has 2 amide bonds. The Bertz CT molecular complexity index is 919. The van der Waals surface area contributed by atoms with E-state index in [2.05, 4.69) is 0 Å². The van der Waals surface area contributed by atoms with Crippen LogP contribution in [0.5, 0.6) is 11.5 Å². The first-order valence-corrected chi connectivity index (χ1v) is 10.6. The van der Waals surface area contributed by atoms with E-state index in [-0.39, 0.29) is 44.3 Å². The van der Waals surface area contributed by atoms with Crippen molar-refractivity contribution in [1.29, 1.82) is 0 Å². The van der Waals surface area contributed by atoms with Crippen LogP contribution in [0, 0.1) is 11.6 Å². The van der Waals surface area contributed by atoms with E-state index < -0.39 is 23.6 Å².